The summed E-state index contributed by atoms with van der Waals surface area (Å²) in [6.45, 7) is 5.04. The molecule has 0 atom stereocenters. The predicted octanol–water partition coefficient (Wildman–Crippen LogP) is 1.52. The van der Waals surface area contributed by atoms with E-state index in [-0.39, 0.29) is 5.78 Å². The normalized spacial score (nSPS) is 22.5. The summed E-state index contributed by atoms with van der Waals surface area (Å²) in [5.41, 5.74) is -1.26. The molecule has 0 radical (unpaired) electrons. The monoisotopic (exact) mass is 156 g/mol. The third-order valence-corrected chi connectivity index (χ3v) is 3.05. The highest BCUT2D eigenvalue weighted by Crippen LogP contribution is 2.49. The van der Waals surface area contributed by atoms with Crippen LogP contribution >= 0.6 is 0 Å². The molecule has 0 aromatic rings. The van der Waals surface area contributed by atoms with Gasteiger partial charge in [0.1, 0.15) is 5.78 Å². The summed E-state index contributed by atoms with van der Waals surface area (Å²) in [4.78, 5) is 11.2. The summed E-state index contributed by atoms with van der Waals surface area (Å²) >= 11 is 0. The minimum atomic E-state index is -0.836. The molecule has 1 aliphatic carbocycles. The zero-order chi connectivity index (χ0) is 8.70. The molecule has 11 heavy (non-hydrogen) atoms. The highest BCUT2D eigenvalue weighted by atomic mass is 16.3. The number of aliphatic hydroxyl groups is 1. The minimum Gasteiger partial charge on any atom is -0.389 e. The van der Waals surface area contributed by atoms with Crippen LogP contribution in [0.1, 0.15) is 40.0 Å². The van der Waals surface area contributed by atoms with Crippen LogP contribution in [-0.2, 0) is 4.79 Å². The number of rotatable bonds is 2. The van der Waals surface area contributed by atoms with Gasteiger partial charge in [0.15, 0.2) is 0 Å². The average molecular weight is 156 g/mol. The van der Waals surface area contributed by atoms with Gasteiger partial charge in [0, 0.05) is 0 Å². The second-order valence-corrected chi connectivity index (χ2v) is 4.05. The summed E-state index contributed by atoms with van der Waals surface area (Å²) in [6.07, 6.45) is 2.78. The molecule has 0 unspecified atom stereocenters. The molecule has 0 spiro atoms. The molecule has 2 nitrogen and oxygen atoms in total. The molecule has 0 aromatic carbocycles. The van der Waals surface area contributed by atoms with Crippen molar-refractivity contribution in [1.82, 2.24) is 0 Å². The Bertz CT molecular complexity index is 172. The first kappa shape index (κ1) is 8.72. The largest absolute Gasteiger partial charge is 0.389 e. The Kier molecular flexibility index (Phi) is 1.83. The SMILES string of the molecule is CC(=O)C1(C(C)(C)O)CCC1. The molecule has 1 aliphatic rings. The Morgan fingerprint density at radius 3 is 1.91 bits per heavy atom. The van der Waals surface area contributed by atoms with Gasteiger partial charge in [-0.05, 0) is 33.6 Å². The lowest BCUT2D eigenvalue weighted by Gasteiger charge is -2.48. The molecule has 1 N–H and O–H groups in total. The quantitative estimate of drug-likeness (QED) is 0.658. The van der Waals surface area contributed by atoms with E-state index >= 15 is 0 Å². The van der Waals surface area contributed by atoms with Crippen LogP contribution in [0.3, 0.4) is 0 Å². The average Bonchev–Trinajstić information content (AvgIpc) is 1.52. The van der Waals surface area contributed by atoms with Crippen molar-refractivity contribution in [2.24, 2.45) is 5.41 Å². The number of carbonyl (C=O) groups excluding carboxylic acids is 1. The van der Waals surface area contributed by atoms with Crippen molar-refractivity contribution in [3.05, 3.63) is 0 Å². The number of carbonyl (C=O) groups is 1. The third-order valence-electron chi connectivity index (χ3n) is 3.05. The zero-order valence-electron chi connectivity index (χ0n) is 7.48. The minimum absolute atomic E-state index is 0.135. The smallest absolute Gasteiger partial charge is 0.138 e. The van der Waals surface area contributed by atoms with Gasteiger partial charge in [-0.2, -0.15) is 0 Å². The molecule has 0 saturated heterocycles. The molecule has 0 amide bonds. The van der Waals surface area contributed by atoms with Crippen LogP contribution in [-0.4, -0.2) is 16.5 Å². The van der Waals surface area contributed by atoms with Crippen molar-refractivity contribution >= 4 is 5.78 Å². The first-order valence-corrected chi connectivity index (χ1v) is 4.13. The lowest BCUT2D eigenvalue weighted by molar-refractivity contribution is -0.154. The van der Waals surface area contributed by atoms with Crippen molar-refractivity contribution in [2.45, 2.75) is 45.6 Å². The molecule has 0 bridgehead atoms. The topological polar surface area (TPSA) is 37.3 Å². The molecule has 1 fully saturated rings. The van der Waals surface area contributed by atoms with Gasteiger partial charge >= 0.3 is 0 Å². The van der Waals surface area contributed by atoms with Crippen LogP contribution < -0.4 is 0 Å². The van der Waals surface area contributed by atoms with Crippen molar-refractivity contribution in [1.29, 1.82) is 0 Å². The molecule has 0 aromatic heterocycles. The van der Waals surface area contributed by atoms with E-state index in [1.807, 2.05) is 0 Å². The molecular formula is C9H16O2. The van der Waals surface area contributed by atoms with E-state index in [0.717, 1.165) is 19.3 Å². The lowest BCUT2D eigenvalue weighted by Crippen LogP contribution is -2.53. The maximum atomic E-state index is 11.2. The molecular weight excluding hydrogens is 140 g/mol. The summed E-state index contributed by atoms with van der Waals surface area (Å²) in [6, 6.07) is 0. The fourth-order valence-corrected chi connectivity index (χ4v) is 1.92. The van der Waals surface area contributed by atoms with Crippen molar-refractivity contribution < 1.29 is 9.90 Å². The molecule has 1 saturated carbocycles. The van der Waals surface area contributed by atoms with E-state index in [4.69, 9.17) is 0 Å². The second-order valence-electron chi connectivity index (χ2n) is 4.05. The zero-order valence-corrected chi connectivity index (χ0v) is 7.48. The van der Waals surface area contributed by atoms with Crippen molar-refractivity contribution in [3.8, 4) is 0 Å². The van der Waals surface area contributed by atoms with Crippen LogP contribution in [0.4, 0.5) is 0 Å². The van der Waals surface area contributed by atoms with Crippen molar-refractivity contribution in [3.63, 3.8) is 0 Å². The van der Waals surface area contributed by atoms with E-state index in [1.165, 1.54) is 0 Å². The van der Waals surface area contributed by atoms with Crippen LogP contribution in [0.15, 0.2) is 0 Å². The predicted molar refractivity (Wildman–Crippen MR) is 43.3 cm³/mol. The first-order valence-electron chi connectivity index (χ1n) is 4.13. The molecule has 0 aliphatic heterocycles. The Balaban J connectivity index is 2.85. The van der Waals surface area contributed by atoms with Gasteiger partial charge in [-0.3, -0.25) is 4.79 Å². The third kappa shape index (κ3) is 1.09. The van der Waals surface area contributed by atoms with Crippen LogP contribution in [0.2, 0.25) is 0 Å². The summed E-state index contributed by atoms with van der Waals surface area (Å²) in [7, 11) is 0. The molecule has 2 heteroatoms. The van der Waals surface area contributed by atoms with E-state index in [9.17, 15) is 9.90 Å². The van der Waals surface area contributed by atoms with Crippen LogP contribution in [0.5, 0.6) is 0 Å². The van der Waals surface area contributed by atoms with Gasteiger partial charge in [-0.15, -0.1) is 0 Å². The number of hydrogen-bond donors (Lipinski definition) is 1. The fraction of sp³-hybridized carbons (Fsp3) is 0.889. The summed E-state index contributed by atoms with van der Waals surface area (Å²) in [5, 5.41) is 9.74. The van der Waals surface area contributed by atoms with Crippen LogP contribution in [0, 0.1) is 5.41 Å². The van der Waals surface area contributed by atoms with Gasteiger partial charge < -0.3 is 5.11 Å². The highest BCUT2D eigenvalue weighted by Gasteiger charge is 2.52. The van der Waals surface area contributed by atoms with E-state index < -0.39 is 11.0 Å². The van der Waals surface area contributed by atoms with Gasteiger partial charge in [-0.25, -0.2) is 0 Å². The van der Waals surface area contributed by atoms with Gasteiger partial charge in [0.05, 0.1) is 11.0 Å². The van der Waals surface area contributed by atoms with Gasteiger partial charge in [-0.1, -0.05) is 6.42 Å². The maximum absolute atomic E-state index is 11.2. The molecule has 1 rings (SSSR count). The highest BCUT2D eigenvalue weighted by molar-refractivity contribution is 5.84. The standard InChI is InChI=1S/C9H16O2/c1-7(10)9(5-4-6-9)8(2,3)11/h11H,4-6H2,1-3H3. The number of ketones is 1. The Morgan fingerprint density at radius 2 is 1.91 bits per heavy atom. The Hall–Kier alpha value is -0.370. The maximum Gasteiger partial charge on any atom is 0.138 e. The summed E-state index contributed by atoms with van der Waals surface area (Å²) in [5.74, 6) is 0.135. The first-order chi connectivity index (χ1) is 4.90. The number of hydrogen-bond acceptors (Lipinski definition) is 2. The van der Waals surface area contributed by atoms with E-state index in [0.29, 0.717) is 0 Å². The van der Waals surface area contributed by atoms with Crippen LogP contribution in [0.25, 0.3) is 0 Å². The lowest BCUT2D eigenvalue weighted by atomic mass is 9.58. The Labute approximate surface area is 67.6 Å². The molecule has 64 valence electrons. The second kappa shape index (κ2) is 2.31. The van der Waals surface area contributed by atoms with E-state index in [2.05, 4.69) is 0 Å². The summed E-state index contributed by atoms with van der Waals surface area (Å²) < 4.78 is 0. The van der Waals surface area contributed by atoms with E-state index in [1.54, 1.807) is 20.8 Å². The fourth-order valence-electron chi connectivity index (χ4n) is 1.92. The Morgan fingerprint density at radius 1 is 1.45 bits per heavy atom. The molecule has 0 heterocycles. The number of Topliss-reactive ketones (excluding diaryl/α,β-unsaturated/α-hetero) is 1. The van der Waals surface area contributed by atoms with Gasteiger partial charge in [0.25, 0.3) is 0 Å². The van der Waals surface area contributed by atoms with Crippen molar-refractivity contribution in [2.75, 3.05) is 0 Å². The van der Waals surface area contributed by atoms with Gasteiger partial charge in [0.2, 0.25) is 0 Å².